The first-order valence-electron chi connectivity index (χ1n) is 14.7. The number of carbonyl (C=O) groups excluding carboxylic acids is 1. The van der Waals surface area contributed by atoms with Crippen molar-refractivity contribution in [2.75, 3.05) is 85.4 Å². The van der Waals surface area contributed by atoms with Crippen molar-refractivity contribution < 1.29 is 24.2 Å². The number of hydrogen-bond acceptors (Lipinski definition) is 9. The number of benzene rings is 3. The molecule has 0 spiro atoms. The van der Waals surface area contributed by atoms with Gasteiger partial charge in [0.05, 0.1) is 12.1 Å². The molecule has 0 unspecified atom stereocenters. The first kappa shape index (κ1) is 31.1. The monoisotopic (exact) mass is 601 g/mol. The van der Waals surface area contributed by atoms with Crippen molar-refractivity contribution in [3.8, 4) is 28.2 Å². The Kier molecular flexibility index (Phi) is 9.60. The SMILES string of the molecule is CN1CCN(C)CCN(CC(=O)Nc2ccc(-c3c4ccc(=O)cc-4oc4cc(O)ccc34)c(C(=O)O)c2)CCN(C)CC1. The maximum atomic E-state index is 13.2. The summed E-state index contributed by atoms with van der Waals surface area (Å²) in [4.78, 5) is 46.9. The topological polar surface area (TPSA) is 130 Å². The molecule has 5 rings (SSSR count). The second-order valence-electron chi connectivity index (χ2n) is 11.6. The van der Waals surface area contributed by atoms with Crippen LogP contribution in [-0.2, 0) is 4.79 Å². The van der Waals surface area contributed by atoms with Crippen molar-refractivity contribution in [1.82, 2.24) is 19.6 Å². The minimum atomic E-state index is -1.17. The van der Waals surface area contributed by atoms with E-state index in [2.05, 4.69) is 46.1 Å². The molecule has 3 N–H and O–H groups in total. The molecule has 1 aliphatic carbocycles. The number of rotatable bonds is 5. The summed E-state index contributed by atoms with van der Waals surface area (Å²) in [5.41, 5.74) is 1.90. The van der Waals surface area contributed by atoms with E-state index in [9.17, 15) is 24.6 Å². The molecule has 3 aliphatic rings. The van der Waals surface area contributed by atoms with Crippen molar-refractivity contribution in [2.45, 2.75) is 0 Å². The van der Waals surface area contributed by atoms with Gasteiger partial charge in [0.25, 0.3) is 0 Å². The van der Waals surface area contributed by atoms with Crippen molar-refractivity contribution in [3.63, 3.8) is 0 Å². The van der Waals surface area contributed by atoms with Crippen LogP contribution in [-0.4, -0.2) is 122 Å². The molecule has 2 aromatic carbocycles. The summed E-state index contributed by atoms with van der Waals surface area (Å²) in [6, 6.07) is 13.7. The van der Waals surface area contributed by atoms with E-state index in [1.54, 1.807) is 24.3 Å². The zero-order chi connectivity index (χ0) is 31.4. The number of aromatic hydroxyl groups is 1. The van der Waals surface area contributed by atoms with Gasteiger partial charge in [-0.3, -0.25) is 14.5 Å². The molecule has 1 amide bonds. The van der Waals surface area contributed by atoms with Gasteiger partial charge in [0.1, 0.15) is 17.1 Å². The highest BCUT2D eigenvalue weighted by Gasteiger charge is 2.23. The molecule has 2 aromatic rings. The van der Waals surface area contributed by atoms with Crippen LogP contribution in [0.25, 0.3) is 33.4 Å². The zero-order valence-electron chi connectivity index (χ0n) is 25.4. The van der Waals surface area contributed by atoms with Crippen molar-refractivity contribution in [3.05, 3.63) is 70.4 Å². The predicted octanol–water partition coefficient (Wildman–Crippen LogP) is 3.02. The highest BCUT2D eigenvalue weighted by Crippen LogP contribution is 2.42. The van der Waals surface area contributed by atoms with Gasteiger partial charge in [-0.15, -0.1) is 0 Å². The van der Waals surface area contributed by atoms with Crippen molar-refractivity contribution >= 4 is 28.5 Å². The van der Waals surface area contributed by atoms with Crippen LogP contribution in [0.5, 0.6) is 5.75 Å². The van der Waals surface area contributed by atoms with E-state index in [0.29, 0.717) is 33.3 Å². The standard InChI is InChI=1S/C33H39N5O6/c1-35-10-12-36(2)14-16-38(17-15-37(3)13-11-35)21-31(41)34-22-4-7-25(28(18-22)33(42)43)32-26-8-5-23(39)19-29(26)44-30-20-24(40)6-9-27(30)32/h4-9,18-20,39H,10-17,21H2,1-3H3,(H,34,41)(H,42,43). The number of amides is 1. The molecule has 0 aromatic heterocycles. The summed E-state index contributed by atoms with van der Waals surface area (Å²) in [6.07, 6.45) is 0. The Labute approximate surface area is 256 Å². The Balaban J connectivity index is 1.41. The average molecular weight is 602 g/mol. The molecule has 232 valence electrons. The Morgan fingerprint density at radius 3 is 2.05 bits per heavy atom. The summed E-state index contributed by atoms with van der Waals surface area (Å²) < 4.78 is 5.90. The van der Waals surface area contributed by atoms with E-state index >= 15 is 0 Å². The second kappa shape index (κ2) is 13.6. The molecule has 1 saturated heterocycles. The third kappa shape index (κ3) is 7.43. The largest absolute Gasteiger partial charge is 0.508 e. The van der Waals surface area contributed by atoms with Crippen molar-refractivity contribution in [1.29, 1.82) is 0 Å². The lowest BCUT2D eigenvalue weighted by molar-refractivity contribution is -0.117. The first-order chi connectivity index (χ1) is 21.1. The highest BCUT2D eigenvalue weighted by atomic mass is 16.4. The smallest absolute Gasteiger partial charge is 0.336 e. The van der Waals surface area contributed by atoms with Crippen LogP contribution in [0.15, 0.2) is 63.8 Å². The van der Waals surface area contributed by atoms with Gasteiger partial charge in [-0.1, -0.05) is 6.07 Å². The number of carboxylic acid groups (broad SMARTS) is 1. The van der Waals surface area contributed by atoms with Crippen LogP contribution in [0.2, 0.25) is 0 Å². The number of fused-ring (bicyclic) bond motifs is 2. The van der Waals surface area contributed by atoms with Gasteiger partial charge < -0.3 is 34.6 Å². The second-order valence-corrected chi connectivity index (χ2v) is 11.6. The molecule has 0 bridgehead atoms. The number of carboxylic acids is 1. The number of nitrogens with zero attached hydrogens (tertiary/aromatic N) is 4. The average Bonchev–Trinajstić information content (AvgIpc) is 2.98. The molecule has 1 fully saturated rings. The predicted molar refractivity (Wildman–Crippen MR) is 171 cm³/mol. The molecule has 0 radical (unpaired) electrons. The first-order valence-corrected chi connectivity index (χ1v) is 14.7. The third-order valence-electron chi connectivity index (χ3n) is 8.17. The van der Waals surface area contributed by atoms with Crippen LogP contribution in [0, 0.1) is 0 Å². The van der Waals surface area contributed by atoms with Gasteiger partial charge >= 0.3 is 5.97 Å². The van der Waals surface area contributed by atoms with Gasteiger partial charge in [-0.05, 0) is 63.1 Å². The van der Waals surface area contributed by atoms with Gasteiger partial charge in [0.2, 0.25) is 5.91 Å². The number of aromatic carboxylic acids is 1. The van der Waals surface area contributed by atoms with E-state index in [1.165, 1.54) is 30.3 Å². The van der Waals surface area contributed by atoms with E-state index in [-0.39, 0.29) is 35.0 Å². The zero-order valence-corrected chi connectivity index (χ0v) is 25.4. The third-order valence-corrected chi connectivity index (χ3v) is 8.17. The molecule has 0 saturated carbocycles. The summed E-state index contributed by atoms with van der Waals surface area (Å²) >= 11 is 0. The number of likely N-dealkylation sites (N-methyl/N-ethyl adjacent to an activating group) is 3. The van der Waals surface area contributed by atoms with E-state index < -0.39 is 5.97 Å². The van der Waals surface area contributed by atoms with Gasteiger partial charge in [-0.25, -0.2) is 4.79 Å². The molecule has 0 atom stereocenters. The summed E-state index contributed by atoms with van der Waals surface area (Å²) in [5, 5.41) is 23.8. The summed E-state index contributed by atoms with van der Waals surface area (Å²) in [5.74, 6) is -1.14. The minimum absolute atomic E-state index is 0.0181. The lowest BCUT2D eigenvalue weighted by atomic mass is 9.90. The Hall–Kier alpha value is -4.29. The molecule has 11 nitrogen and oxygen atoms in total. The Morgan fingerprint density at radius 2 is 1.41 bits per heavy atom. The minimum Gasteiger partial charge on any atom is -0.508 e. The number of phenols is 1. The van der Waals surface area contributed by atoms with E-state index in [1.807, 2.05) is 0 Å². The molecular formula is C33H39N5O6. The fraction of sp³-hybridized carbons (Fsp3) is 0.364. The Bertz CT molecular complexity index is 1670. The summed E-state index contributed by atoms with van der Waals surface area (Å²) in [6.45, 7) is 7.19. The van der Waals surface area contributed by atoms with Crippen LogP contribution >= 0.6 is 0 Å². The normalized spacial score (nSPS) is 16.9. The van der Waals surface area contributed by atoms with Crippen LogP contribution in [0.4, 0.5) is 5.69 Å². The van der Waals surface area contributed by atoms with Gasteiger partial charge in [0.15, 0.2) is 5.43 Å². The molecule has 2 aliphatic heterocycles. The molecular weight excluding hydrogens is 562 g/mol. The fourth-order valence-corrected chi connectivity index (χ4v) is 5.48. The van der Waals surface area contributed by atoms with Crippen LogP contribution < -0.4 is 10.7 Å². The number of nitrogens with one attached hydrogen (secondary N) is 1. The Morgan fingerprint density at radius 1 is 0.795 bits per heavy atom. The lowest BCUT2D eigenvalue weighted by Crippen LogP contribution is -2.45. The number of hydrogen-bond donors (Lipinski definition) is 3. The number of phenolic OH excluding ortho intramolecular Hbond substituents is 1. The van der Waals surface area contributed by atoms with E-state index in [0.717, 1.165) is 52.4 Å². The van der Waals surface area contributed by atoms with Gasteiger partial charge in [0, 0.05) is 86.7 Å². The van der Waals surface area contributed by atoms with E-state index in [4.69, 9.17) is 4.42 Å². The quantitative estimate of drug-likeness (QED) is 0.294. The number of anilines is 1. The highest BCUT2D eigenvalue weighted by molar-refractivity contribution is 6.08. The maximum Gasteiger partial charge on any atom is 0.336 e. The maximum absolute atomic E-state index is 13.2. The summed E-state index contributed by atoms with van der Waals surface area (Å²) in [7, 11) is 6.32. The molecule has 11 heteroatoms. The van der Waals surface area contributed by atoms with Crippen LogP contribution in [0.1, 0.15) is 10.4 Å². The van der Waals surface area contributed by atoms with Crippen molar-refractivity contribution in [2.24, 2.45) is 0 Å². The van der Waals surface area contributed by atoms with Gasteiger partial charge in [-0.2, -0.15) is 0 Å². The number of carbonyl (C=O) groups is 2. The molecule has 2 heterocycles. The lowest BCUT2D eigenvalue weighted by Gasteiger charge is -2.30. The molecule has 44 heavy (non-hydrogen) atoms. The fourth-order valence-electron chi connectivity index (χ4n) is 5.48. The van der Waals surface area contributed by atoms with Crippen LogP contribution in [0.3, 0.4) is 0 Å².